The van der Waals surface area contributed by atoms with Crippen molar-refractivity contribution in [1.82, 2.24) is 4.98 Å². The van der Waals surface area contributed by atoms with Gasteiger partial charge >= 0.3 is 0 Å². The van der Waals surface area contributed by atoms with Gasteiger partial charge in [0.2, 0.25) is 5.95 Å². The second-order valence-electron chi connectivity index (χ2n) is 2.35. The van der Waals surface area contributed by atoms with Crippen molar-refractivity contribution in [2.75, 3.05) is 6.54 Å². The number of aromatic nitrogens is 1. The monoisotopic (exact) mass is 154 g/mol. The van der Waals surface area contributed by atoms with E-state index in [9.17, 15) is 4.39 Å². The van der Waals surface area contributed by atoms with Crippen LogP contribution in [0.1, 0.15) is 12.0 Å². The molecule has 0 bridgehead atoms. The zero-order valence-electron chi connectivity index (χ0n) is 6.26. The van der Waals surface area contributed by atoms with Gasteiger partial charge in [0.15, 0.2) is 0 Å². The van der Waals surface area contributed by atoms with Crippen LogP contribution < -0.4 is 5.73 Å². The van der Waals surface area contributed by atoms with Gasteiger partial charge in [-0.2, -0.15) is 4.39 Å². The summed E-state index contributed by atoms with van der Waals surface area (Å²) in [5, 5.41) is 0. The normalized spacial score (nSPS) is 10.0. The van der Waals surface area contributed by atoms with E-state index < -0.39 is 0 Å². The molecule has 2 nitrogen and oxygen atoms in total. The summed E-state index contributed by atoms with van der Waals surface area (Å²) >= 11 is 0. The van der Waals surface area contributed by atoms with Gasteiger partial charge in [0.1, 0.15) is 0 Å². The molecule has 0 radical (unpaired) electrons. The molecule has 0 aliphatic rings. The molecule has 1 aromatic rings. The Morgan fingerprint density at radius 1 is 1.55 bits per heavy atom. The minimum absolute atomic E-state index is 0.374. The van der Waals surface area contributed by atoms with Crippen LogP contribution in [-0.2, 0) is 6.42 Å². The summed E-state index contributed by atoms with van der Waals surface area (Å²) in [7, 11) is 0. The first-order chi connectivity index (χ1) is 5.34. The van der Waals surface area contributed by atoms with E-state index in [1.807, 2.05) is 0 Å². The number of hydrogen-bond donors (Lipinski definition) is 1. The number of halogens is 1. The average Bonchev–Trinajstić information content (AvgIpc) is 2.03. The molecule has 0 aromatic carbocycles. The van der Waals surface area contributed by atoms with Crippen LogP contribution in [0.3, 0.4) is 0 Å². The Morgan fingerprint density at radius 3 is 3.00 bits per heavy atom. The van der Waals surface area contributed by atoms with E-state index in [-0.39, 0.29) is 5.95 Å². The van der Waals surface area contributed by atoms with Crippen molar-refractivity contribution >= 4 is 0 Å². The van der Waals surface area contributed by atoms with Gasteiger partial charge in [0.05, 0.1) is 0 Å². The third-order valence-electron chi connectivity index (χ3n) is 1.49. The summed E-state index contributed by atoms with van der Waals surface area (Å²) < 4.78 is 12.8. The van der Waals surface area contributed by atoms with Crippen LogP contribution in [0.4, 0.5) is 4.39 Å². The maximum Gasteiger partial charge on any atom is 0.216 e. The molecule has 0 unspecified atom stereocenters. The zero-order chi connectivity index (χ0) is 8.10. The summed E-state index contributed by atoms with van der Waals surface area (Å²) in [5.41, 5.74) is 5.93. The van der Waals surface area contributed by atoms with Crippen LogP contribution in [0.2, 0.25) is 0 Å². The topological polar surface area (TPSA) is 38.9 Å². The summed E-state index contributed by atoms with van der Waals surface area (Å²) in [6.45, 7) is 0.592. The Morgan fingerprint density at radius 2 is 2.36 bits per heavy atom. The van der Waals surface area contributed by atoms with Gasteiger partial charge in [0.25, 0.3) is 0 Å². The Kier molecular flexibility index (Phi) is 2.98. The molecule has 1 rings (SSSR count). The van der Waals surface area contributed by atoms with Crippen molar-refractivity contribution < 1.29 is 4.39 Å². The minimum Gasteiger partial charge on any atom is -0.330 e. The summed E-state index contributed by atoms with van der Waals surface area (Å²) in [4.78, 5) is 3.52. The molecule has 2 N–H and O–H groups in total. The first kappa shape index (κ1) is 8.14. The third kappa shape index (κ3) is 2.27. The van der Waals surface area contributed by atoms with Gasteiger partial charge in [-0.25, -0.2) is 4.98 Å². The molecule has 3 heteroatoms. The van der Waals surface area contributed by atoms with Gasteiger partial charge in [0, 0.05) is 11.8 Å². The van der Waals surface area contributed by atoms with E-state index in [1.54, 1.807) is 12.1 Å². The summed E-state index contributed by atoms with van der Waals surface area (Å²) in [5.74, 6) is -0.374. The van der Waals surface area contributed by atoms with Crippen LogP contribution in [0.25, 0.3) is 0 Å². The molecule has 0 amide bonds. The van der Waals surface area contributed by atoms with Crippen LogP contribution in [0.15, 0.2) is 18.3 Å². The average molecular weight is 154 g/mol. The molecular formula is C8H11FN2. The second-order valence-corrected chi connectivity index (χ2v) is 2.35. The summed E-state index contributed by atoms with van der Waals surface area (Å²) in [6, 6.07) is 3.47. The molecule has 0 aliphatic heterocycles. The predicted molar refractivity (Wildman–Crippen MR) is 41.6 cm³/mol. The SMILES string of the molecule is NCCCc1cccnc1F. The van der Waals surface area contributed by atoms with Crippen molar-refractivity contribution in [3.8, 4) is 0 Å². The highest BCUT2D eigenvalue weighted by Gasteiger charge is 1.99. The maximum atomic E-state index is 12.8. The molecular weight excluding hydrogens is 143 g/mol. The van der Waals surface area contributed by atoms with Gasteiger partial charge < -0.3 is 5.73 Å². The van der Waals surface area contributed by atoms with E-state index in [0.29, 0.717) is 18.5 Å². The van der Waals surface area contributed by atoms with E-state index >= 15 is 0 Å². The van der Waals surface area contributed by atoms with Crippen LogP contribution in [0.5, 0.6) is 0 Å². The number of nitrogens with zero attached hydrogens (tertiary/aromatic N) is 1. The van der Waals surface area contributed by atoms with Crippen molar-refractivity contribution in [1.29, 1.82) is 0 Å². The maximum absolute atomic E-state index is 12.8. The molecule has 0 saturated carbocycles. The third-order valence-corrected chi connectivity index (χ3v) is 1.49. The molecule has 60 valence electrons. The lowest BCUT2D eigenvalue weighted by molar-refractivity contribution is 0.563. The molecule has 0 spiro atoms. The van der Waals surface area contributed by atoms with Crippen molar-refractivity contribution in [3.63, 3.8) is 0 Å². The van der Waals surface area contributed by atoms with E-state index in [2.05, 4.69) is 4.98 Å². The first-order valence-electron chi connectivity index (χ1n) is 3.64. The fraction of sp³-hybridized carbons (Fsp3) is 0.375. The quantitative estimate of drug-likeness (QED) is 0.662. The minimum atomic E-state index is -0.374. The van der Waals surface area contributed by atoms with Gasteiger partial charge in [-0.1, -0.05) is 6.07 Å². The number of rotatable bonds is 3. The van der Waals surface area contributed by atoms with Gasteiger partial charge in [-0.15, -0.1) is 0 Å². The summed E-state index contributed by atoms with van der Waals surface area (Å²) in [6.07, 6.45) is 2.93. The smallest absolute Gasteiger partial charge is 0.216 e. The molecule has 1 aromatic heterocycles. The largest absolute Gasteiger partial charge is 0.330 e. The van der Waals surface area contributed by atoms with Crippen LogP contribution >= 0.6 is 0 Å². The van der Waals surface area contributed by atoms with Gasteiger partial charge in [-0.05, 0) is 25.5 Å². The van der Waals surface area contributed by atoms with Crippen molar-refractivity contribution in [2.45, 2.75) is 12.8 Å². The fourth-order valence-electron chi connectivity index (χ4n) is 0.898. The number of aryl methyl sites for hydroxylation is 1. The number of pyridine rings is 1. The second kappa shape index (κ2) is 4.03. The lowest BCUT2D eigenvalue weighted by Crippen LogP contribution is -2.02. The standard InChI is InChI=1S/C8H11FN2/c9-8-7(3-1-5-10)4-2-6-11-8/h2,4,6H,1,3,5,10H2. The predicted octanol–water partition coefficient (Wildman–Crippen LogP) is 1.11. The lowest BCUT2D eigenvalue weighted by atomic mass is 10.1. The Hall–Kier alpha value is -0.960. The fourth-order valence-corrected chi connectivity index (χ4v) is 0.898. The highest BCUT2D eigenvalue weighted by atomic mass is 19.1. The Bertz CT molecular complexity index is 225. The highest BCUT2D eigenvalue weighted by molar-refractivity contribution is 5.10. The number of hydrogen-bond acceptors (Lipinski definition) is 2. The van der Waals surface area contributed by atoms with E-state index in [0.717, 1.165) is 6.42 Å². The lowest BCUT2D eigenvalue weighted by Gasteiger charge is -1.98. The molecule has 11 heavy (non-hydrogen) atoms. The molecule has 0 saturated heterocycles. The zero-order valence-corrected chi connectivity index (χ0v) is 6.26. The van der Waals surface area contributed by atoms with Crippen molar-refractivity contribution in [3.05, 3.63) is 29.8 Å². The number of nitrogens with two attached hydrogens (primary N) is 1. The molecule has 1 heterocycles. The molecule has 0 atom stereocenters. The van der Waals surface area contributed by atoms with Crippen LogP contribution in [-0.4, -0.2) is 11.5 Å². The van der Waals surface area contributed by atoms with Gasteiger partial charge in [-0.3, -0.25) is 0 Å². The molecule has 0 fully saturated rings. The van der Waals surface area contributed by atoms with Crippen LogP contribution in [0, 0.1) is 5.95 Å². The van der Waals surface area contributed by atoms with E-state index in [1.165, 1.54) is 6.20 Å². The van der Waals surface area contributed by atoms with E-state index in [4.69, 9.17) is 5.73 Å². The molecule has 0 aliphatic carbocycles. The van der Waals surface area contributed by atoms with Crippen molar-refractivity contribution in [2.24, 2.45) is 5.73 Å². The Labute approximate surface area is 65.3 Å². The Balaban J connectivity index is 2.62. The highest BCUT2D eigenvalue weighted by Crippen LogP contribution is 2.04. The first-order valence-corrected chi connectivity index (χ1v) is 3.64.